The predicted molar refractivity (Wildman–Crippen MR) is 158 cm³/mol. The van der Waals surface area contributed by atoms with Crippen LogP contribution in [0.15, 0.2) is 66.7 Å². The Hall–Kier alpha value is -4.64. The van der Waals surface area contributed by atoms with E-state index in [0.717, 1.165) is 10.5 Å². The maximum absolute atomic E-state index is 13.7. The second-order valence-corrected chi connectivity index (χ2v) is 9.50. The van der Waals surface area contributed by atoms with Gasteiger partial charge in [0.25, 0.3) is 5.91 Å². The van der Waals surface area contributed by atoms with Gasteiger partial charge < -0.3 is 29.2 Å². The highest BCUT2D eigenvalue weighted by Gasteiger charge is 2.43. The van der Waals surface area contributed by atoms with E-state index < -0.39 is 17.9 Å². The number of nitrogens with one attached hydrogen (secondary N) is 1. The third kappa shape index (κ3) is 6.58. The van der Waals surface area contributed by atoms with E-state index in [-0.39, 0.29) is 12.3 Å². The first-order valence-electron chi connectivity index (χ1n) is 12.8. The molecule has 214 valence electrons. The van der Waals surface area contributed by atoms with Crippen LogP contribution >= 0.6 is 12.2 Å². The fourth-order valence-corrected chi connectivity index (χ4v) is 4.89. The highest BCUT2D eigenvalue weighted by molar-refractivity contribution is 7.80. The third-order valence-corrected chi connectivity index (χ3v) is 7.07. The van der Waals surface area contributed by atoms with Gasteiger partial charge in [0.1, 0.15) is 11.8 Å². The van der Waals surface area contributed by atoms with Crippen LogP contribution in [-0.2, 0) is 20.7 Å². The fourth-order valence-electron chi connectivity index (χ4n) is 4.55. The van der Waals surface area contributed by atoms with Gasteiger partial charge in [-0.05, 0) is 84.9 Å². The number of hydrogen-bond acceptors (Lipinski definition) is 8. The van der Waals surface area contributed by atoms with Crippen molar-refractivity contribution in [3.05, 3.63) is 77.9 Å². The van der Waals surface area contributed by atoms with Crippen molar-refractivity contribution in [2.75, 3.05) is 45.2 Å². The first-order valence-corrected chi connectivity index (χ1v) is 13.2. The summed E-state index contributed by atoms with van der Waals surface area (Å²) in [6, 6.07) is 18.1. The van der Waals surface area contributed by atoms with E-state index in [1.807, 2.05) is 30.3 Å². The van der Waals surface area contributed by atoms with E-state index in [1.165, 1.54) is 19.2 Å². The number of benzene rings is 3. The van der Waals surface area contributed by atoms with Gasteiger partial charge in [-0.2, -0.15) is 0 Å². The molecule has 0 spiro atoms. The van der Waals surface area contributed by atoms with E-state index >= 15 is 0 Å². The Morgan fingerprint density at radius 3 is 2.22 bits per heavy atom. The van der Waals surface area contributed by atoms with Gasteiger partial charge in [0.2, 0.25) is 5.91 Å². The summed E-state index contributed by atoms with van der Waals surface area (Å²) in [4.78, 5) is 41.5. The number of anilines is 2. The molecule has 0 bridgehead atoms. The standard InChI is InChI=1S/C30H31N3O7S/c1-37-23-12-8-21(9-13-23)31-30(41)32(16-15-19-5-14-25(38-2)26(17-19)39-3)24-18-27(34)33(28(24)35)22-10-6-20(7-11-22)29(36)40-4/h5-14,17,24H,15-16,18H2,1-4H3,(H,31,41). The maximum atomic E-state index is 13.7. The summed E-state index contributed by atoms with van der Waals surface area (Å²) in [6.07, 6.45) is 0.449. The molecule has 1 atom stereocenters. The lowest BCUT2D eigenvalue weighted by Crippen LogP contribution is -2.48. The number of methoxy groups -OCH3 is 4. The molecule has 0 radical (unpaired) electrons. The molecular formula is C30H31N3O7S. The summed E-state index contributed by atoms with van der Waals surface area (Å²) in [7, 11) is 6.01. The van der Waals surface area contributed by atoms with Gasteiger partial charge in [-0.15, -0.1) is 0 Å². The number of nitrogens with zero attached hydrogens (tertiary/aromatic N) is 2. The lowest BCUT2D eigenvalue weighted by Gasteiger charge is -2.30. The molecule has 1 fully saturated rings. The minimum absolute atomic E-state index is 0.0616. The SMILES string of the molecule is COC(=O)c1ccc(N2C(=O)CC(N(CCc3ccc(OC)c(OC)c3)C(=S)Nc3ccc(OC)cc3)C2=O)cc1. The van der Waals surface area contributed by atoms with Crippen LogP contribution in [-0.4, -0.2) is 68.8 Å². The Kier molecular flexibility index (Phi) is 9.41. The molecule has 10 nitrogen and oxygen atoms in total. The number of carbonyl (C=O) groups is 3. The van der Waals surface area contributed by atoms with Gasteiger partial charge in [-0.1, -0.05) is 6.07 Å². The molecule has 0 aliphatic carbocycles. The van der Waals surface area contributed by atoms with Gasteiger partial charge in [-0.3, -0.25) is 9.59 Å². The highest BCUT2D eigenvalue weighted by Crippen LogP contribution is 2.30. The zero-order valence-electron chi connectivity index (χ0n) is 23.2. The summed E-state index contributed by atoms with van der Waals surface area (Å²) in [5, 5.41) is 3.48. The number of hydrogen-bond donors (Lipinski definition) is 1. The van der Waals surface area contributed by atoms with Crippen LogP contribution in [0.4, 0.5) is 11.4 Å². The van der Waals surface area contributed by atoms with E-state index in [9.17, 15) is 14.4 Å². The van der Waals surface area contributed by atoms with Gasteiger partial charge in [0.15, 0.2) is 16.6 Å². The fraction of sp³-hybridized carbons (Fsp3) is 0.267. The molecule has 41 heavy (non-hydrogen) atoms. The van der Waals surface area contributed by atoms with E-state index in [4.69, 9.17) is 31.2 Å². The van der Waals surface area contributed by atoms with Crippen LogP contribution in [0, 0.1) is 0 Å². The van der Waals surface area contributed by atoms with Crippen LogP contribution in [0.3, 0.4) is 0 Å². The quantitative estimate of drug-likeness (QED) is 0.215. The second-order valence-electron chi connectivity index (χ2n) is 9.12. The van der Waals surface area contributed by atoms with Crippen LogP contribution in [0.5, 0.6) is 17.2 Å². The number of ether oxygens (including phenoxy) is 4. The lowest BCUT2D eigenvalue weighted by molar-refractivity contribution is -0.122. The Morgan fingerprint density at radius 2 is 1.61 bits per heavy atom. The number of rotatable bonds is 10. The second kappa shape index (κ2) is 13.1. The van der Waals surface area contributed by atoms with Crippen LogP contribution in [0.25, 0.3) is 0 Å². The van der Waals surface area contributed by atoms with Gasteiger partial charge in [-0.25, -0.2) is 9.69 Å². The van der Waals surface area contributed by atoms with Crippen molar-refractivity contribution in [3.63, 3.8) is 0 Å². The van der Waals surface area contributed by atoms with Gasteiger partial charge in [0.05, 0.1) is 46.1 Å². The van der Waals surface area contributed by atoms with Crippen molar-refractivity contribution in [2.45, 2.75) is 18.9 Å². The maximum Gasteiger partial charge on any atom is 0.337 e. The van der Waals surface area contributed by atoms with Gasteiger partial charge >= 0.3 is 5.97 Å². The van der Waals surface area contributed by atoms with Crippen LogP contribution in [0.2, 0.25) is 0 Å². The monoisotopic (exact) mass is 577 g/mol. The van der Waals surface area contributed by atoms with Gasteiger partial charge in [0, 0.05) is 12.2 Å². The number of carbonyl (C=O) groups excluding carboxylic acids is 3. The van der Waals surface area contributed by atoms with E-state index in [2.05, 4.69) is 5.32 Å². The smallest absolute Gasteiger partial charge is 0.337 e. The van der Waals surface area contributed by atoms with E-state index in [1.54, 1.807) is 50.5 Å². The Morgan fingerprint density at radius 1 is 0.927 bits per heavy atom. The molecule has 4 rings (SSSR count). The summed E-state index contributed by atoms with van der Waals surface area (Å²) >= 11 is 5.77. The topological polar surface area (TPSA) is 107 Å². The molecule has 0 aromatic heterocycles. The number of amides is 2. The number of thiocarbonyl (C=S) groups is 1. The summed E-state index contributed by atoms with van der Waals surface area (Å²) in [5.74, 6) is 0.600. The summed E-state index contributed by atoms with van der Waals surface area (Å²) in [5.41, 5.74) is 2.32. The number of esters is 1. The highest BCUT2D eigenvalue weighted by atomic mass is 32.1. The van der Waals surface area contributed by atoms with Crippen LogP contribution < -0.4 is 24.4 Å². The van der Waals surface area contributed by atoms with Crippen molar-refractivity contribution < 1.29 is 33.3 Å². The molecule has 0 saturated carbocycles. The molecule has 3 aromatic carbocycles. The van der Waals surface area contributed by atoms with Crippen LogP contribution in [0.1, 0.15) is 22.3 Å². The average molecular weight is 578 g/mol. The first kappa shape index (κ1) is 29.3. The molecule has 2 amide bonds. The third-order valence-electron chi connectivity index (χ3n) is 6.74. The molecular weight excluding hydrogens is 546 g/mol. The minimum Gasteiger partial charge on any atom is -0.497 e. The molecule has 1 aliphatic rings. The zero-order valence-corrected chi connectivity index (χ0v) is 24.0. The molecule has 1 heterocycles. The predicted octanol–water partition coefficient (Wildman–Crippen LogP) is 4.07. The molecule has 1 aliphatic heterocycles. The molecule has 11 heteroatoms. The lowest BCUT2D eigenvalue weighted by atomic mass is 10.1. The largest absolute Gasteiger partial charge is 0.497 e. The normalized spacial score (nSPS) is 14.4. The van der Waals surface area contributed by atoms with Crippen molar-refractivity contribution in [2.24, 2.45) is 0 Å². The Bertz CT molecular complexity index is 1430. The van der Waals surface area contributed by atoms with E-state index in [0.29, 0.717) is 52.3 Å². The zero-order chi connectivity index (χ0) is 29.5. The average Bonchev–Trinajstić information content (AvgIpc) is 3.29. The molecule has 1 unspecified atom stereocenters. The summed E-state index contributed by atoms with van der Waals surface area (Å²) < 4.78 is 20.7. The number of imide groups is 1. The molecule has 1 N–H and O–H groups in total. The summed E-state index contributed by atoms with van der Waals surface area (Å²) in [6.45, 7) is 0.344. The molecule has 1 saturated heterocycles. The Labute approximate surface area is 243 Å². The van der Waals surface area contributed by atoms with Crippen molar-refractivity contribution >= 4 is 46.5 Å². The first-order chi connectivity index (χ1) is 19.8. The Balaban J connectivity index is 1.59. The van der Waals surface area contributed by atoms with Crippen molar-refractivity contribution in [1.29, 1.82) is 0 Å². The van der Waals surface area contributed by atoms with Crippen molar-refractivity contribution in [3.8, 4) is 17.2 Å². The van der Waals surface area contributed by atoms with Crippen molar-refractivity contribution in [1.82, 2.24) is 4.90 Å². The minimum atomic E-state index is -0.832. The molecule has 3 aromatic rings.